The molecule has 1 aliphatic heterocycles. The predicted molar refractivity (Wildman–Crippen MR) is 78.0 cm³/mol. The van der Waals surface area contributed by atoms with Gasteiger partial charge in [-0.15, -0.1) is 0 Å². The first-order valence-corrected chi connectivity index (χ1v) is 6.93. The van der Waals surface area contributed by atoms with Crippen LogP contribution in [0.1, 0.15) is 33.3 Å². The number of benzene rings is 1. The molecular weight excluding hydrogens is 236 g/mol. The molecule has 1 fully saturated rings. The lowest BCUT2D eigenvalue weighted by molar-refractivity contribution is -0.143. The Morgan fingerprint density at radius 3 is 2.42 bits per heavy atom. The SMILES string of the molecule is CC1(C)CN(CCc2ccccc2)C(=O)C(C)(C)N1. The van der Waals surface area contributed by atoms with Gasteiger partial charge >= 0.3 is 0 Å². The number of nitrogens with one attached hydrogen (secondary N) is 1. The van der Waals surface area contributed by atoms with E-state index in [1.807, 2.05) is 36.9 Å². The monoisotopic (exact) mass is 260 g/mol. The highest BCUT2D eigenvalue weighted by Crippen LogP contribution is 2.22. The Bertz CT molecular complexity index is 451. The molecule has 1 aromatic rings. The van der Waals surface area contributed by atoms with Crippen LogP contribution in [-0.4, -0.2) is 35.0 Å². The van der Waals surface area contributed by atoms with Crippen molar-refractivity contribution in [2.24, 2.45) is 0 Å². The Hall–Kier alpha value is -1.35. The van der Waals surface area contributed by atoms with Gasteiger partial charge < -0.3 is 4.90 Å². The summed E-state index contributed by atoms with van der Waals surface area (Å²) in [5.41, 5.74) is 0.774. The second-order valence-corrected chi connectivity index (χ2v) is 6.60. The zero-order valence-corrected chi connectivity index (χ0v) is 12.4. The molecule has 1 N–H and O–H groups in total. The van der Waals surface area contributed by atoms with Crippen molar-refractivity contribution in [1.82, 2.24) is 10.2 Å². The van der Waals surface area contributed by atoms with Crippen LogP contribution < -0.4 is 5.32 Å². The first kappa shape index (κ1) is 14.1. The number of amides is 1. The number of nitrogens with zero attached hydrogens (tertiary/aromatic N) is 1. The van der Waals surface area contributed by atoms with Crippen LogP contribution in [0.3, 0.4) is 0 Å². The lowest BCUT2D eigenvalue weighted by Gasteiger charge is -2.47. The summed E-state index contributed by atoms with van der Waals surface area (Å²) in [5.74, 6) is 0.197. The number of carbonyl (C=O) groups is 1. The third kappa shape index (κ3) is 3.35. The standard InChI is InChI=1S/C16H24N2O/c1-15(2)12-18(14(19)16(3,4)17-15)11-10-13-8-6-5-7-9-13/h5-9,17H,10-12H2,1-4H3. The maximum absolute atomic E-state index is 12.4. The third-order valence-electron chi connectivity index (χ3n) is 3.57. The van der Waals surface area contributed by atoms with Crippen LogP contribution in [0, 0.1) is 0 Å². The van der Waals surface area contributed by atoms with E-state index in [0.717, 1.165) is 19.5 Å². The Labute approximate surface area is 116 Å². The van der Waals surface area contributed by atoms with Gasteiger partial charge in [0.2, 0.25) is 5.91 Å². The van der Waals surface area contributed by atoms with E-state index in [2.05, 4.69) is 31.3 Å². The van der Waals surface area contributed by atoms with E-state index in [0.29, 0.717) is 0 Å². The molecule has 0 bridgehead atoms. The zero-order valence-electron chi connectivity index (χ0n) is 12.4. The van der Waals surface area contributed by atoms with Crippen molar-refractivity contribution in [2.75, 3.05) is 13.1 Å². The van der Waals surface area contributed by atoms with Crippen molar-refractivity contribution in [1.29, 1.82) is 0 Å². The van der Waals surface area contributed by atoms with Crippen molar-refractivity contribution in [2.45, 2.75) is 45.2 Å². The second-order valence-electron chi connectivity index (χ2n) is 6.60. The Morgan fingerprint density at radius 2 is 1.79 bits per heavy atom. The van der Waals surface area contributed by atoms with Gasteiger partial charge in [0.15, 0.2) is 0 Å². The molecule has 0 spiro atoms. The molecule has 2 rings (SSSR count). The van der Waals surface area contributed by atoms with E-state index in [1.165, 1.54) is 5.56 Å². The number of rotatable bonds is 3. The predicted octanol–water partition coefficient (Wildman–Crippen LogP) is 2.22. The summed E-state index contributed by atoms with van der Waals surface area (Å²) in [5, 5.41) is 3.42. The summed E-state index contributed by atoms with van der Waals surface area (Å²) in [6, 6.07) is 10.3. The van der Waals surface area contributed by atoms with Gasteiger partial charge in [0, 0.05) is 18.6 Å². The largest absolute Gasteiger partial charge is 0.339 e. The normalized spacial score (nSPS) is 21.5. The van der Waals surface area contributed by atoms with Crippen LogP contribution in [-0.2, 0) is 11.2 Å². The average molecular weight is 260 g/mol. The molecular formula is C16H24N2O. The molecule has 0 aliphatic carbocycles. The van der Waals surface area contributed by atoms with Gasteiger partial charge in [-0.2, -0.15) is 0 Å². The van der Waals surface area contributed by atoms with E-state index in [9.17, 15) is 4.79 Å². The second kappa shape index (κ2) is 4.97. The Kier molecular flexibility index (Phi) is 3.68. The molecule has 0 atom stereocenters. The third-order valence-corrected chi connectivity index (χ3v) is 3.57. The Morgan fingerprint density at radius 1 is 1.16 bits per heavy atom. The molecule has 1 heterocycles. The molecule has 19 heavy (non-hydrogen) atoms. The average Bonchev–Trinajstić information content (AvgIpc) is 2.32. The van der Waals surface area contributed by atoms with Crippen molar-refractivity contribution < 1.29 is 4.79 Å². The summed E-state index contributed by atoms with van der Waals surface area (Å²) in [6.07, 6.45) is 0.915. The quantitative estimate of drug-likeness (QED) is 0.904. The van der Waals surface area contributed by atoms with E-state index in [4.69, 9.17) is 0 Å². The maximum atomic E-state index is 12.4. The lowest BCUT2D eigenvalue weighted by atomic mass is 9.90. The van der Waals surface area contributed by atoms with Crippen LogP contribution in [0.4, 0.5) is 0 Å². The van der Waals surface area contributed by atoms with Gasteiger partial charge in [-0.3, -0.25) is 10.1 Å². The molecule has 0 radical (unpaired) electrons. The summed E-state index contributed by atoms with van der Waals surface area (Å²) in [6.45, 7) is 9.78. The Balaban J connectivity index is 2.04. The van der Waals surface area contributed by atoms with Crippen molar-refractivity contribution in [3.05, 3.63) is 35.9 Å². The summed E-state index contributed by atoms with van der Waals surface area (Å²) < 4.78 is 0. The van der Waals surface area contributed by atoms with Gasteiger partial charge in [-0.05, 0) is 39.7 Å². The van der Waals surface area contributed by atoms with Crippen molar-refractivity contribution >= 4 is 5.91 Å². The van der Waals surface area contributed by atoms with Crippen LogP contribution in [0.15, 0.2) is 30.3 Å². The molecule has 1 amide bonds. The zero-order chi connectivity index (χ0) is 14.1. The van der Waals surface area contributed by atoms with E-state index in [-0.39, 0.29) is 11.4 Å². The lowest BCUT2D eigenvalue weighted by Crippen LogP contribution is -2.69. The minimum absolute atomic E-state index is 0.0336. The molecule has 104 valence electrons. The van der Waals surface area contributed by atoms with Crippen molar-refractivity contribution in [3.63, 3.8) is 0 Å². The highest BCUT2D eigenvalue weighted by Gasteiger charge is 2.42. The summed E-state index contributed by atoms with van der Waals surface area (Å²) >= 11 is 0. The highest BCUT2D eigenvalue weighted by atomic mass is 16.2. The van der Waals surface area contributed by atoms with Crippen molar-refractivity contribution in [3.8, 4) is 0 Å². The van der Waals surface area contributed by atoms with E-state index < -0.39 is 5.54 Å². The first-order chi connectivity index (χ1) is 8.80. The number of piperazine rings is 1. The number of hydrogen-bond donors (Lipinski definition) is 1. The van der Waals surface area contributed by atoms with Gasteiger partial charge in [0.1, 0.15) is 0 Å². The van der Waals surface area contributed by atoms with E-state index >= 15 is 0 Å². The van der Waals surface area contributed by atoms with Gasteiger partial charge in [0.05, 0.1) is 5.54 Å². The molecule has 1 aliphatic rings. The molecule has 1 aromatic carbocycles. The molecule has 1 saturated heterocycles. The van der Waals surface area contributed by atoms with Crippen LogP contribution in [0.2, 0.25) is 0 Å². The van der Waals surface area contributed by atoms with Crippen LogP contribution in [0.5, 0.6) is 0 Å². The molecule has 0 aromatic heterocycles. The van der Waals surface area contributed by atoms with Gasteiger partial charge in [0.25, 0.3) is 0 Å². The molecule has 3 heteroatoms. The topological polar surface area (TPSA) is 32.3 Å². The fraction of sp³-hybridized carbons (Fsp3) is 0.562. The molecule has 3 nitrogen and oxygen atoms in total. The summed E-state index contributed by atoms with van der Waals surface area (Å²) in [7, 11) is 0. The van der Waals surface area contributed by atoms with Crippen LogP contribution >= 0.6 is 0 Å². The smallest absolute Gasteiger partial charge is 0.242 e. The minimum Gasteiger partial charge on any atom is -0.339 e. The van der Waals surface area contributed by atoms with Gasteiger partial charge in [-0.25, -0.2) is 0 Å². The van der Waals surface area contributed by atoms with Gasteiger partial charge in [-0.1, -0.05) is 30.3 Å². The minimum atomic E-state index is -0.474. The van der Waals surface area contributed by atoms with Crippen LogP contribution in [0.25, 0.3) is 0 Å². The molecule has 0 saturated carbocycles. The molecule has 0 unspecified atom stereocenters. The number of carbonyl (C=O) groups excluding carboxylic acids is 1. The van der Waals surface area contributed by atoms with E-state index in [1.54, 1.807) is 0 Å². The first-order valence-electron chi connectivity index (χ1n) is 6.93. The fourth-order valence-electron chi connectivity index (χ4n) is 2.97. The highest BCUT2D eigenvalue weighted by molar-refractivity contribution is 5.86. The number of hydrogen-bond acceptors (Lipinski definition) is 2. The fourth-order valence-corrected chi connectivity index (χ4v) is 2.97. The summed E-state index contributed by atoms with van der Waals surface area (Å²) in [4.78, 5) is 14.4. The maximum Gasteiger partial charge on any atom is 0.242 e.